The van der Waals surface area contributed by atoms with Gasteiger partial charge in [-0.15, -0.1) is 0 Å². The number of hydrogen-bond acceptors (Lipinski definition) is 3. The van der Waals surface area contributed by atoms with Gasteiger partial charge in [-0.25, -0.2) is 8.42 Å². The lowest BCUT2D eigenvalue weighted by Gasteiger charge is -2.22. The second-order valence-corrected chi connectivity index (χ2v) is 7.67. The first-order valence-electron chi connectivity index (χ1n) is 7.40. The van der Waals surface area contributed by atoms with Crippen molar-refractivity contribution in [1.29, 1.82) is 0 Å². The van der Waals surface area contributed by atoms with Crippen LogP contribution in [-0.2, 0) is 21.2 Å². The summed E-state index contributed by atoms with van der Waals surface area (Å²) in [5.74, 6) is -0.147. The number of carbonyl (C=O) groups excluding carboxylic acids is 1. The first kappa shape index (κ1) is 18.3. The zero-order valence-electron chi connectivity index (χ0n) is 13.3. The first-order chi connectivity index (χ1) is 11.4. The Morgan fingerprint density at radius 2 is 1.71 bits per heavy atom. The van der Waals surface area contributed by atoms with E-state index in [1.54, 1.807) is 24.3 Å². The zero-order chi connectivity index (χ0) is 17.6. The fourth-order valence-electron chi connectivity index (χ4n) is 2.23. The predicted octanol–water partition coefficient (Wildman–Crippen LogP) is 2.46. The molecule has 5 nitrogen and oxygen atoms in total. The van der Waals surface area contributed by atoms with Crippen molar-refractivity contribution in [3.05, 3.63) is 65.2 Å². The van der Waals surface area contributed by atoms with Gasteiger partial charge in [0.25, 0.3) is 0 Å². The molecule has 0 radical (unpaired) electrons. The first-order valence-corrected chi connectivity index (χ1v) is 9.63. The number of nitrogens with zero attached hydrogens (tertiary/aromatic N) is 1. The summed E-state index contributed by atoms with van der Waals surface area (Å²) in [5, 5.41) is 3.27. The van der Waals surface area contributed by atoms with Gasteiger partial charge in [-0.05, 0) is 29.8 Å². The second-order valence-electron chi connectivity index (χ2n) is 5.32. The van der Waals surface area contributed by atoms with Crippen LogP contribution in [0.1, 0.15) is 5.56 Å². The van der Waals surface area contributed by atoms with Crippen LogP contribution in [0.5, 0.6) is 0 Å². The standard InChI is InChI=1S/C17H19ClN2O3S/c1-24(22,23)20(16-9-7-15(18)8-10-16)12-11-19-17(21)13-14-5-3-2-4-6-14/h2-10H,11-13H2,1H3,(H,19,21). The molecule has 1 amide bonds. The van der Waals surface area contributed by atoms with Crippen LogP contribution in [0.15, 0.2) is 54.6 Å². The number of carbonyl (C=O) groups is 1. The van der Waals surface area contributed by atoms with Gasteiger partial charge in [-0.3, -0.25) is 9.10 Å². The number of rotatable bonds is 7. The Hall–Kier alpha value is -2.05. The van der Waals surface area contributed by atoms with Crippen LogP contribution in [0.25, 0.3) is 0 Å². The van der Waals surface area contributed by atoms with Gasteiger partial charge in [-0.1, -0.05) is 41.9 Å². The third-order valence-electron chi connectivity index (χ3n) is 3.36. The Labute approximate surface area is 147 Å². The molecule has 0 bridgehead atoms. The minimum atomic E-state index is -3.45. The Morgan fingerprint density at radius 1 is 1.08 bits per heavy atom. The van der Waals surface area contributed by atoms with Crippen molar-refractivity contribution in [2.24, 2.45) is 0 Å². The van der Waals surface area contributed by atoms with E-state index in [1.807, 2.05) is 30.3 Å². The summed E-state index contributed by atoms with van der Waals surface area (Å²) in [6.07, 6.45) is 1.40. The minimum Gasteiger partial charge on any atom is -0.354 e. The summed E-state index contributed by atoms with van der Waals surface area (Å²) in [7, 11) is -3.45. The summed E-state index contributed by atoms with van der Waals surface area (Å²) in [6.45, 7) is 0.377. The van der Waals surface area contributed by atoms with E-state index < -0.39 is 10.0 Å². The monoisotopic (exact) mass is 366 g/mol. The minimum absolute atomic E-state index is 0.147. The number of nitrogens with one attached hydrogen (secondary N) is 1. The topological polar surface area (TPSA) is 66.5 Å². The Morgan fingerprint density at radius 3 is 2.29 bits per heavy atom. The predicted molar refractivity (Wildman–Crippen MR) is 96.8 cm³/mol. The molecule has 0 saturated carbocycles. The van der Waals surface area contributed by atoms with Crippen molar-refractivity contribution in [3.63, 3.8) is 0 Å². The molecule has 0 aliphatic heterocycles. The van der Waals surface area contributed by atoms with Gasteiger partial charge in [0.05, 0.1) is 24.9 Å². The van der Waals surface area contributed by atoms with Crippen molar-refractivity contribution in [1.82, 2.24) is 5.32 Å². The molecule has 2 aromatic carbocycles. The van der Waals surface area contributed by atoms with Crippen molar-refractivity contribution >= 4 is 33.2 Å². The number of amides is 1. The van der Waals surface area contributed by atoms with E-state index in [9.17, 15) is 13.2 Å². The third kappa shape index (κ3) is 5.54. The molecule has 7 heteroatoms. The molecule has 0 heterocycles. The summed E-state index contributed by atoms with van der Waals surface area (Å²) < 4.78 is 25.2. The van der Waals surface area contributed by atoms with Crippen molar-refractivity contribution in [3.8, 4) is 0 Å². The van der Waals surface area contributed by atoms with Crippen molar-refractivity contribution in [2.45, 2.75) is 6.42 Å². The lowest BCUT2D eigenvalue weighted by atomic mass is 10.1. The van der Waals surface area contributed by atoms with Gasteiger partial charge in [-0.2, -0.15) is 0 Å². The molecule has 2 rings (SSSR count). The summed E-state index contributed by atoms with van der Waals surface area (Å²) in [4.78, 5) is 11.9. The molecule has 0 atom stereocenters. The van der Waals surface area contributed by atoms with Crippen LogP contribution < -0.4 is 9.62 Å². The normalized spacial score (nSPS) is 11.1. The lowest BCUT2D eigenvalue weighted by molar-refractivity contribution is -0.120. The van der Waals surface area contributed by atoms with Crippen LogP contribution in [0.3, 0.4) is 0 Å². The molecule has 0 spiro atoms. The number of benzene rings is 2. The fraction of sp³-hybridized carbons (Fsp3) is 0.235. The molecule has 0 fully saturated rings. The maximum Gasteiger partial charge on any atom is 0.232 e. The van der Waals surface area contributed by atoms with Gasteiger partial charge in [0.2, 0.25) is 15.9 Å². The highest BCUT2D eigenvalue weighted by molar-refractivity contribution is 7.92. The summed E-state index contributed by atoms with van der Waals surface area (Å²) in [6, 6.07) is 15.9. The maximum absolute atomic E-state index is 12.0. The molecule has 0 aliphatic carbocycles. The highest BCUT2D eigenvalue weighted by Crippen LogP contribution is 2.19. The van der Waals surface area contributed by atoms with E-state index in [0.29, 0.717) is 10.7 Å². The number of halogens is 1. The number of sulfonamides is 1. The lowest BCUT2D eigenvalue weighted by Crippen LogP contribution is -2.38. The van der Waals surface area contributed by atoms with E-state index in [1.165, 1.54) is 4.31 Å². The molecular formula is C17H19ClN2O3S. The molecule has 24 heavy (non-hydrogen) atoms. The van der Waals surface area contributed by atoms with E-state index in [2.05, 4.69) is 5.32 Å². The number of hydrogen-bond donors (Lipinski definition) is 1. The van der Waals surface area contributed by atoms with E-state index in [-0.39, 0.29) is 25.4 Å². The highest BCUT2D eigenvalue weighted by atomic mass is 35.5. The van der Waals surface area contributed by atoms with Gasteiger partial charge in [0.1, 0.15) is 0 Å². The maximum atomic E-state index is 12.0. The molecule has 0 unspecified atom stereocenters. The smallest absolute Gasteiger partial charge is 0.232 e. The van der Waals surface area contributed by atoms with Gasteiger partial charge in [0, 0.05) is 11.6 Å². The molecule has 2 aromatic rings. The zero-order valence-corrected chi connectivity index (χ0v) is 14.8. The van der Waals surface area contributed by atoms with E-state index >= 15 is 0 Å². The summed E-state index contributed by atoms with van der Waals surface area (Å²) in [5.41, 5.74) is 1.42. The third-order valence-corrected chi connectivity index (χ3v) is 4.81. The van der Waals surface area contributed by atoms with Crippen LogP contribution in [0.2, 0.25) is 5.02 Å². The van der Waals surface area contributed by atoms with Crippen LogP contribution >= 0.6 is 11.6 Å². The Kier molecular flexibility index (Phi) is 6.23. The average molecular weight is 367 g/mol. The summed E-state index contributed by atoms with van der Waals surface area (Å²) >= 11 is 5.83. The highest BCUT2D eigenvalue weighted by Gasteiger charge is 2.17. The molecule has 0 aliphatic rings. The van der Waals surface area contributed by atoms with Crippen molar-refractivity contribution in [2.75, 3.05) is 23.7 Å². The fourth-order valence-corrected chi connectivity index (χ4v) is 3.29. The quantitative estimate of drug-likeness (QED) is 0.818. The Balaban J connectivity index is 1.94. The van der Waals surface area contributed by atoms with Gasteiger partial charge in [0.15, 0.2) is 0 Å². The van der Waals surface area contributed by atoms with E-state index in [0.717, 1.165) is 11.8 Å². The number of anilines is 1. The van der Waals surface area contributed by atoms with Gasteiger partial charge < -0.3 is 5.32 Å². The molecular weight excluding hydrogens is 348 g/mol. The van der Waals surface area contributed by atoms with E-state index in [4.69, 9.17) is 11.6 Å². The van der Waals surface area contributed by atoms with Crippen LogP contribution in [-0.4, -0.2) is 33.7 Å². The molecule has 128 valence electrons. The van der Waals surface area contributed by atoms with Crippen molar-refractivity contribution < 1.29 is 13.2 Å². The average Bonchev–Trinajstić information content (AvgIpc) is 2.52. The Bertz CT molecular complexity index is 777. The second kappa shape index (κ2) is 8.17. The SMILES string of the molecule is CS(=O)(=O)N(CCNC(=O)Cc1ccccc1)c1ccc(Cl)cc1. The van der Waals surface area contributed by atoms with Gasteiger partial charge >= 0.3 is 0 Å². The molecule has 1 N–H and O–H groups in total. The van der Waals surface area contributed by atoms with Crippen LogP contribution in [0, 0.1) is 0 Å². The molecule has 0 aromatic heterocycles. The largest absolute Gasteiger partial charge is 0.354 e. The van der Waals surface area contributed by atoms with Crippen LogP contribution in [0.4, 0.5) is 5.69 Å². The molecule has 0 saturated heterocycles.